The highest BCUT2D eigenvalue weighted by molar-refractivity contribution is 5.10. The highest BCUT2D eigenvalue weighted by Crippen LogP contribution is 2.20. The van der Waals surface area contributed by atoms with Crippen LogP contribution in [0.25, 0.3) is 0 Å². The van der Waals surface area contributed by atoms with E-state index < -0.39 is 0 Å². The van der Waals surface area contributed by atoms with Gasteiger partial charge in [0, 0.05) is 45.5 Å². The Balaban J connectivity index is 1.83. The summed E-state index contributed by atoms with van der Waals surface area (Å²) in [6.07, 6.45) is 3.04. The van der Waals surface area contributed by atoms with Crippen LogP contribution < -0.4 is 0 Å². The number of hydrogen-bond acceptors (Lipinski definition) is 4. The second kappa shape index (κ2) is 6.22. The summed E-state index contributed by atoms with van der Waals surface area (Å²) in [6, 6.07) is 4.86. The molecule has 0 fully saturated rings. The maximum absolute atomic E-state index is 4.48. The molecule has 0 saturated carbocycles. The van der Waals surface area contributed by atoms with Crippen LogP contribution in [0.5, 0.6) is 0 Å². The van der Waals surface area contributed by atoms with E-state index in [4.69, 9.17) is 0 Å². The molecule has 0 aliphatic carbocycles. The molecule has 6 nitrogen and oxygen atoms in total. The number of likely N-dealkylation sites (N-methyl/N-ethyl adjacent to an activating group) is 1. The first-order valence-corrected chi connectivity index (χ1v) is 7.92. The van der Waals surface area contributed by atoms with Crippen LogP contribution in [0, 0.1) is 6.92 Å². The van der Waals surface area contributed by atoms with Crippen LogP contribution in [-0.2, 0) is 26.7 Å². The quantitative estimate of drug-likeness (QED) is 0.853. The van der Waals surface area contributed by atoms with Crippen molar-refractivity contribution in [2.75, 3.05) is 20.6 Å². The molecule has 0 aromatic carbocycles. The molecule has 0 N–H and O–H groups in total. The van der Waals surface area contributed by atoms with Crippen LogP contribution >= 0.6 is 0 Å². The summed E-state index contributed by atoms with van der Waals surface area (Å²) in [5.74, 6) is 0. The zero-order valence-electron chi connectivity index (χ0n) is 14.0. The average Bonchev–Trinajstić information content (AvgIpc) is 2.96. The predicted molar refractivity (Wildman–Crippen MR) is 86.4 cm³/mol. The van der Waals surface area contributed by atoms with E-state index in [1.807, 2.05) is 17.9 Å². The van der Waals surface area contributed by atoms with Crippen molar-refractivity contribution in [1.82, 2.24) is 29.4 Å². The summed E-state index contributed by atoms with van der Waals surface area (Å²) in [7, 11) is 6.33. The van der Waals surface area contributed by atoms with Crippen LogP contribution in [0.1, 0.15) is 23.5 Å². The first kappa shape index (κ1) is 15.2. The lowest BCUT2D eigenvalue weighted by molar-refractivity contribution is 0.140. The Labute approximate surface area is 132 Å². The van der Waals surface area contributed by atoms with Gasteiger partial charge in [0.1, 0.15) is 0 Å². The van der Waals surface area contributed by atoms with Gasteiger partial charge in [0.2, 0.25) is 0 Å². The fraction of sp³-hybridized carbons (Fsp3) is 0.625. The molecule has 120 valence electrons. The summed E-state index contributed by atoms with van der Waals surface area (Å²) in [6.45, 7) is 6.01. The molecule has 0 amide bonds. The molecule has 3 heterocycles. The number of rotatable bonds is 4. The third kappa shape index (κ3) is 3.23. The molecule has 6 heteroatoms. The highest BCUT2D eigenvalue weighted by Gasteiger charge is 2.25. The Morgan fingerprint density at radius 3 is 2.86 bits per heavy atom. The van der Waals surface area contributed by atoms with Crippen LogP contribution in [0.3, 0.4) is 0 Å². The summed E-state index contributed by atoms with van der Waals surface area (Å²) in [5.41, 5.74) is 3.66. The molecule has 2 aromatic heterocycles. The fourth-order valence-electron chi connectivity index (χ4n) is 3.32. The predicted octanol–water partition coefficient (Wildman–Crippen LogP) is 1.26. The van der Waals surface area contributed by atoms with E-state index in [2.05, 4.69) is 57.8 Å². The second-order valence-corrected chi connectivity index (χ2v) is 6.56. The number of hydrogen-bond donors (Lipinski definition) is 0. The standard InChI is InChI=1S/C16H26N6/c1-13-9-16(20(4)18-13)12-21-11-15-5-7-17-22(15)8-6-14(21)10-19(2)3/h5,7,9,14H,6,8,10-12H2,1-4H3. The van der Waals surface area contributed by atoms with E-state index in [9.17, 15) is 0 Å². The Morgan fingerprint density at radius 2 is 2.18 bits per heavy atom. The van der Waals surface area contributed by atoms with E-state index in [1.54, 1.807) is 0 Å². The molecule has 2 aromatic rings. The normalized spacial score (nSPS) is 19.4. The van der Waals surface area contributed by atoms with Crippen molar-refractivity contribution in [1.29, 1.82) is 0 Å². The Kier molecular flexibility index (Phi) is 4.31. The minimum absolute atomic E-state index is 0.534. The van der Waals surface area contributed by atoms with Crippen LogP contribution in [-0.4, -0.2) is 56.0 Å². The van der Waals surface area contributed by atoms with Gasteiger partial charge in [0.25, 0.3) is 0 Å². The van der Waals surface area contributed by atoms with Crippen LogP contribution in [0.15, 0.2) is 18.3 Å². The minimum Gasteiger partial charge on any atom is -0.308 e. The van der Waals surface area contributed by atoms with Crippen molar-refractivity contribution in [2.24, 2.45) is 7.05 Å². The smallest absolute Gasteiger partial charge is 0.0597 e. The molecule has 1 aliphatic heterocycles. The molecule has 3 rings (SSSR count). The third-order valence-electron chi connectivity index (χ3n) is 4.40. The Hall–Kier alpha value is -1.66. The highest BCUT2D eigenvalue weighted by atomic mass is 15.3. The molecule has 1 atom stereocenters. The van der Waals surface area contributed by atoms with Crippen molar-refractivity contribution in [3.05, 3.63) is 35.4 Å². The lowest BCUT2D eigenvalue weighted by Crippen LogP contribution is -2.41. The van der Waals surface area contributed by atoms with E-state index >= 15 is 0 Å². The monoisotopic (exact) mass is 302 g/mol. The van der Waals surface area contributed by atoms with Gasteiger partial charge < -0.3 is 4.90 Å². The molecule has 0 saturated heterocycles. The van der Waals surface area contributed by atoms with Gasteiger partial charge in [-0.25, -0.2) is 0 Å². The van der Waals surface area contributed by atoms with Gasteiger partial charge in [-0.3, -0.25) is 14.3 Å². The van der Waals surface area contributed by atoms with Gasteiger partial charge in [-0.1, -0.05) is 0 Å². The van der Waals surface area contributed by atoms with E-state index in [-0.39, 0.29) is 0 Å². The molecule has 0 bridgehead atoms. The van der Waals surface area contributed by atoms with Gasteiger partial charge in [-0.2, -0.15) is 10.2 Å². The fourth-order valence-corrected chi connectivity index (χ4v) is 3.32. The van der Waals surface area contributed by atoms with Gasteiger partial charge in [0.15, 0.2) is 0 Å². The largest absolute Gasteiger partial charge is 0.308 e. The SMILES string of the molecule is Cc1cc(CN2Cc3ccnn3CCC2CN(C)C)n(C)n1. The minimum atomic E-state index is 0.534. The number of fused-ring (bicyclic) bond motifs is 1. The van der Waals surface area contributed by atoms with E-state index in [1.165, 1.54) is 11.4 Å². The number of aryl methyl sites for hydroxylation is 3. The van der Waals surface area contributed by atoms with E-state index in [0.717, 1.165) is 38.3 Å². The van der Waals surface area contributed by atoms with Crippen molar-refractivity contribution < 1.29 is 0 Å². The second-order valence-electron chi connectivity index (χ2n) is 6.56. The van der Waals surface area contributed by atoms with Crippen molar-refractivity contribution in [3.63, 3.8) is 0 Å². The van der Waals surface area contributed by atoms with Crippen LogP contribution in [0.2, 0.25) is 0 Å². The first-order chi connectivity index (χ1) is 10.5. The molecule has 1 unspecified atom stereocenters. The van der Waals surface area contributed by atoms with Crippen molar-refractivity contribution in [2.45, 2.75) is 39.0 Å². The lowest BCUT2D eigenvalue weighted by Gasteiger charge is -2.31. The maximum atomic E-state index is 4.48. The van der Waals surface area contributed by atoms with E-state index in [0.29, 0.717) is 6.04 Å². The summed E-state index contributed by atoms with van der Waals surface area (Å²) in [5, 5.41) is 8.93. The zero-order valence-corrected chi connectivity index (χ0v) is 14.0. The molecular formula is C16H26N6. The molecule has 0 radical (unpaired) electrons. The maximum Gasteiger partial charge on any atom is 0.0597 e. The lowest BCUT2D eigenvalue weighted by atomic mass is 10.1. The summed E-state index contributed by atoms with van der Waals surface area (Å²) < 4.78 is 4.15. The Morgan fingerprint density at radius 1 is 1.36 bits per heavy atom. The van der Waals surface area contributed by atoms with Gasteiger partial charge >= 0.3 is 0 Å². The molecule has 0 spiro atoms. The first-order valence-electron chi connectivity index (χ1n) is 7.92. The van der Waals surface area contributed by atoms with Gasteiger partial charge in [0.05, 0.1) is 17.1 Å². The third-order valence-corrected chi connectivity index (χ3v) is 4.40. The van der Waals surface area contributed by atoms with Gasteiger partial charge in [-0.15, -0.1) is 0 Å². The van der Waals surface area contributed by atoms with Gasteiger partial charge in [-0.05, 0) is 39.6 Å². The van der Waals surface area contributed by atoms with Crippen molar-refractivity contribution >= 4 is 0 Å². The molecule has 1 aliphatic rings. The summed E-state index contributed by atoms with van der Waals surface area (Å²) in [4.78, 5) is 4.84. The number of aromatic nitrogens is 4. The molecular weight excluding hydrogens is 276 g/mol. The Bertz CT molecular complexity index is 626. The topological polar surface area (TPSA) is 42.1 Å². The average molecular weight is 302 g/mol. The van der Waals surface area contributed by atoms with Crippen molar-refractivity contribution in [3.8, 4) is 0 Å². The summed E-state index contributed by atoms with van der Waals surface area (Å²) >= 11 is 0. The zero-order chi connectivity index (χ0) is 15.7. The molecule has 22 heavy (non-hydrogen) atoms. The number of nitrogens with zero attached hydrogens (tertiary/aromatic N) is 6. The van der Waals surface area contributed by atoms with Crippen LogP contribution in [0.4, 0.5) is 0 Å².